The number of carbonyl (C=O) groups is 10. The molecule has 3 rings (SSSR count). The third-order valence-electron chi connectivity index (χ3n) is 11.7. The first kappa shape index (κ1) is 73.1. The Labute approximate surface area is 508 Å². The standard InChI is InChI=1S/C59H92N10O18/c1-55(2,3)83-50(78)63-29-37(70)28-42-49(77)65-40(25-33-18-16-19-34(24-33)35-21-22-44(72)36(26-35)27-41(48(76)66-42)68-53(81)86-58(10,11)12)46(74)62-32-43(69-54(82)87-59(13,14)15)47(75)60-23-17-20-39(67-52(80)85-57(7,8)9)45(73)61-30-38(71)31-64-51(79)84-56(4,5)6/h16,18-19,21-22,24,26,37-43,70-72H,17,20,23,25,27-32H2,1-15H3,(H,60,75)(H,61,73)(H,62,74)(H,63,78)(H,64,79)(H,65,77)(H,66,76)(H,67,80)(H,68,81)(H,69,82)/t37-,38?,39+,40+,41+,42+,43+/m1/s1. The van der Waals surface area contributed by atoms with Crippen molar-refractivity contribution in [1.82, 2.24) is 53.2 Å². The van der Waals surface area contributed by atoms with Gasteiger partial charge in [0.2, 0.25) is 29.5 Å². The summed E-state index contributed by atoms with van der Waals surface area (Å²) in [7, 11) is 0. The second-order valence-electron chi connectivity index (χ2n) is 25.9. The number of benzene rings is 2. The zero-order valence-corrected chi connectivity index (χ0v) is 52.6. The largest absolute Gasteiger partial charge is 0.508 e. The molecule has 2 aromatic carbocycles. The predicted octanol–water partition coefficient (Wildman–Crippen LogP) is 3.10. The van der Waals surface area contributed by atoms with Crippen molar-refractivity contribution >= 4 is 60.0 Å². The van der Waals surface area contributed by atoms with Crippen molar-refractivity contribution in [3.63, 3.8) is 0 Å². The second kappa shape index (κ2) is 32.0. The number of ether oxygens (including phenoxy) is 5. The fourth-order valence-electron chi connectivity index (χ4n) is 8.05. The number of aromatic hydroxyl groups is 1. The number of hydrogen-bond acceptors (Lipinski definition) is 18. The van der Waals surface area contributed by atoms with Crippen LogP contribution in [0.4, 0.5) is 24.0 Å². The molecular weight excluding hydrogens is 1140 g/mol. The van der Waals surface area contributed by atoms with E-state index in [1.165, 1.54) is 6.07 Å². The van der Waals surface area contributed by atoms with Crippen LogP contribution in [0, 0.1) is 0 Å². The molecule has 1 aliphatic rings. The van der Waals surface area contributed by atoms with Crippen LogP contribution in [0.3, 0.4) is 0 Å². The lowest BCUT2D eigenvalue weighted by Gasteiger charge is -2.28. The third kappa shape index (κ3) is 29.7. The molecule has 1 aliphatic heterocycles. The maximum atomic E-state index is 14.7. The monoisotopic (exact) mass is 1230 g/mol. The van der Waals surface area contributed by atoms with Crippen LogP contribution in [0.1, 0.15) is 134 Å². The number of alkyl carbamates (subject to hydrolysis) is 5. The summed E-state index contributed by atoms with van der Waals surface area (Å²) in [6.45, 7) is 22.4. The average molecular weight is 1230 g/mol. The molecule has 0 aliphatic carbocycles. The smallest absolute Gasteiger partial charge is 0.408 e. The summed E-state index contributed by atoms with van der Waals surface area (Å²) in [5.41, 5.74) is -2.86. The number of aliphatic hydroxyl groups is 2. The van der Waals surface area contributed by atoms with E-state index in [2.05, 4.69) is 53.2 Å². The minimum Gasteiger partial charge on any atom is -0.508 e. The summed E-state index contributed by atoms with van der Waals surface area (Å²) < 4.78 is 26.7. The molecule has 2 aromatic rings. The maximum Gasteiger partial charge on any atom is 0.408 e. The molecule has 486 valence electrons. The van der Waals surface area contributed by atoms with Crippen molar-refractivity contribution in [2.24, 2.45) is 0 Å². The predicted molar refractivity (Wildman–Crippen MR) is 318 cm³/mol. The topological polar surface area (TPSA) is 398 Å². The van der Waals surface area contributed by atoms with Gasteiger partial charge in [-0.15, -0.1) is 0 Å². The van der Waals surface area contributed by atoms with E-state index in [4.69, 9.17) is 23.7 Å². The fraction of sp³-hybridized carbons (Fsp3) is 0.627. The van der Waals surface area contributed by atoms with Gasteiger partial charge in [0.15, 0.2) is 0 Å². The number of carbonyl (C=O) groups excluding carboxylic acids is 10. The highest BCUT2D eigenvalue weighted by atomic mass is 16.6. The molecule has 1 unspecified atom stereocenters. The van der Waals surface area contributed by atoms with Gasteiger partial charge in [-0.2, -0.15) is 0 Å². The van der Waals surface area contributed by atoms with Gasteiger partial charge in [0.25, 0.3) is 0 Å². The van der Waals surface area contributed by atoms with Gasteiger partial charge in [0.1, 0.15) is 64.0 Å². The molecular formula is C59H92N10O18. The quantitative estimate of drug-likeness (QED) is 0.0669. The van der Waals surface area contributed by atoms with Crippen LogP contribution in [-0.4, -0.2) is 178 Å². The molecule has 0 fully saturated rings. The molecule has 0 radical (unpaired) electrons. The number of phenols is 1. The van der Waals surface area contributed by atoms with E-state index < -0.39 is 150 Å². The molecule has 4 bridgehead atoms. The molecule has 10 amide bonds. The minimum absolute atomic E-state index is 0.0216. The van der Waals surface area contributed by atoms with E-state index in [1.807, 2.05) is 0 Å². The van der Waals surface area contributed by atoms with E-state index in [-0.39, 0.29) is 56.6 Å². The maximum absolute atomic E-state index is 14.7. The molecule has 87 heavy (non-hydrogen) atoms. The van der Waals surface area contributed by atoms with Gasteiger partial charge >= 0.3 is 30.5 Å². The van der Waals surface area contributed by atoms with Crippen LogP contribution in [0.5, 0.6) is 5.75 Å². The van der Waals surface area contributed by atoms with Gasteiger partial charge in [0, 0.05) is 52.0 Å². The lowest BCUT2D eigenvalue weighted by atomic mass is 9.96. The van der Waals surface area contributed by atoms with Crippen LogP contribution < -0.4 is 53.2 Å². The van der Waals surface area contributed by atoms with Crippen molar-refractivity contribution in [2.45, 2.75) is 206 Å². The van der Waals surface area contributed by atoms with Gasteiger partial charge in [-0.25, -0.2) is 24.0 Å². The molecule has 0 spiro atoms. The lowest BCUT2D eigenvalue weighted by Crippen LogP contribution is -2.59. The number of aliphatic hydroxyl groups excluding tert-OH is 2. The normalized spacial score (nSPS) is 17.2. The average Bonchev–Trinajstić information content (AvgIpc) is 2.73. The van der Waals surface area contributed by atoms with Gasteiger partial charge in [-0.1, -0.05) is 30.3 Å². The van der Waals surface area contributed by atoms with E-state index in [9.17, 15) is 63.3 Å². The van der Waals surface area contributed by atoms with Gasteiger partial charge in [-0.05, 0) is 151 Å². The third-order valence-corrected chi connectivity index (χ3v) is 11.7. The van der Waals surface area contributed by atoms with Crippen molar-refractivity contribution in [2.75, 3.05) is 32.7 Å². The number of amides is 10. The molecule has 1 heterocycles. The number of nitrogens with one attached hydrogen (secondary N) is 10. The van der Waals surface area contributed by atoms with Gasteiger partial charge < -0.3 is 92.2 Å². The summed E-state index contributed by atoms with van der Waals surface area (Å²) in [5, 5.41) is 58.1. The zero-order chi connectivity index (χ0) is 65.8. The minimum atomic E-state index is -1.69. The molecule has 0 aromatic heterocycles. The van der Waals surface area contributed by atoms with Crippen molar-refractivity contribution in [1.29, 1.82) is 0 Å². The van der Waals surface area contributed by atoms with Crippen molar-refractivity contribution in [3.05, 3.63) is 53.6 Å². The van der Waals surface area contributed by atoms with Crippen LogP contribution in [0.15, 0.2) is 42.5 Å². The van der Waals surface area contributed by atoms with E-state index >= 15 is 0 Å². The summed E-state index contributed by atoms with van der Waals surface area (Å²) in [5.74, 6) is -4.71. The summed E-state index contributed by atoms with van der Waals surface area (Å²) in [6, 6.07) is 3.89. The first-order valence-electron chi connectivity index (χ1n) is 28.7. The zero-order valence-electron chi connectivity index (χ0n) is 52.6. The Morgan fingerprint density at radius 3 is 1.60 bits per heavy atom. The van der Waals surface area contributed by atoms with Gasteiger partial charge in [-0.3, -0.25) is 24.0 Å². The first-order valence-corrected chi connectivity index (χ1v) is 28.7. The Bertz CT molecular complexity index is 2730. The molecule has 13 N–H and O–H groups in total. The van der Waals surface area contributed by atoms with Crippen LogP contribution in [0.25, 0.3) is 11.1 Å². The summed E-state index contributed by atoms with van der Waals surface area (Å²) in [4.78, 5) is 135. The molecule has 7 atom stereocenters. The highest BCUT2D eigenvalue weighted by molar-refractivity contribution is 5.95. The molecule has 0 saturated carbocycles. The first-order chi connectivity index (χ1) is 40.0. The fourth-order valence-corrected chi connectivity index (χ4v) is 8.05. The SMILES string of the molecule is CC(C)(C)OC(=O)NCC(O)CNC(=O)[C@H](CCCNC(=O)[C@H](CNC(=O)[C@@H]1Cc2cccc(c2)-c2ccc(O)c(c2)C[C@H](NC(=O)OC(C)(C)C)C(=O)N[C@@H](C[C@@H](O)CNC(=O)OC(C)(C)C)C(=O)N1)NC(=O)OC(C)(C)C)NC(=O)OC(C)(C)C. The van der Waals surface area contributed by atoms with Crippen LogP contribution in [0.2, 0.25) is 0 Å². The molecule has 28 heteroatoms. The Kier molecular flexibility index (Phi) is 26.9. The Balaban J connectivity index is 1.98. The van der Waals surface area contributed by atoms with E-state index in [1.54, 1.807) is 140 Å². The molecule has 0 saturated heterocycles. The number of phenolic OH excluding ortho intramolecular Hbond substituents is 1. The molecule has 28 nitrogen and oxygen atoms in total. The van der Waals surface area contributed by atoms with Crippen molar-refractivity contribution in [3.8, 4) is 16.9 Å². The Morgan fingerprint density at radius 1 is 0.540 bits per heavy atom. The Morgan fingerprint density at radius 2 is 1.03 bits per heavy atom. The van der Waals surface area contributed by atoms with E-state index in [0.717, 1.165) is 0 Å². The van der Waals surface area contributed by atoms with Gasteiger partial charge in [0.05, 0.1) is 12.2 Å². The Hall–Kier alpha value is -8.14. The van der Waals surface area contributed by atoms with Crippen molar-refractivity contribution < 1.29 is 86.9 Å². The van der Waals surface area contributed by atoms with E-state index in [0.29, 0.717) is 16.7 Å². The summed E-state index contributed by atoms with van der Waals surface area (Å²) in [6.07, 6.45) is -8.70. The lowest BCUT2D eigenvalue weighted by molar-refractivity contribution is -0.133. The van der Waals surface area contributed by atoms with Crippen LogP contribution >= 0.6 is 0 Å². The van der Waals surface area contributed by atoms with Crippen LogP contribution in [-0.2, 0) is 60.5 Å². The number of rotatable bonds is 20. The number of hydrogen-bond donors (Lipinski definition) is 13. The highest BCUT2D eigenvalue weighted by Crippen LogP contribution is 2.29. The summed E-state index contributed by atoms with van der Waals surface area (Å²) >= 11 is 0. The highest BCUT2D eigenvalue weighted by Gasteiger charge is 2.35. The second-order valence-corrected chi connectivity index (χ2v) is 25.9. The number of fused-ring (bicyclic) bond motifs is 5.